The first-order valence-electron chi connectivity index (χ1n) is 4.27. The fourth-order valence-corrected chi connectivity index (χ4v) is 1.07. The van der Waals surface area contributed by atoms with Gasteiger partial charge >= 0.3 is 0 Å². The molecule has 0 saturated heterocycles. The molecule has 0 saturated carbocycles. The summed E-state index contributed by atoms with van der Waals surface area (Å²) >= 11 is 0. The highest BCUT2D eigenvalue weighted by Gasteiger charge is 1.93. The number of rotatable bonds is 3. The number of carbonyl (C=O) groups is 1. The molecule has 0 aliphatic rings. The Morgan fingerprint density at radius 2 is 2.00 bits per heavy atom. The van der Waals surface area contributed by atoms with Crippen LogP contribution in [0.2, 0.25) is 0 Å². The SMILES string of the molecule is CC(=O)NCCc1ccc(N)cc1. The number of carbonyl (C=O) groups excluding carboxylic acids is 1. The Kier molecular flexibility index (Phi) is 3.31. The first-order valence-corrected chi connectivity index (χ1v) is 4.27. The van der Waals surface area contributed by atoms with E-state index in [1.807, 2.05) is 24.3 Å². The first-order chi connectivity index (χ1) is 6.18. The largest absolute Gasteiger partial charge is 0.399 e. The smallest absolute Gasteiger partial charge is 0.216 e. The van der Waals surface area contributed by atoms with Crippen molar-refractivity contribution in [3.05, 3.63) is 29.8 Å². The lowest BCUT2D eigenvalue weighted by Gasteiger charge is -2.02. The molecule has 0 heterocycles. The van der Waals surface area contributed by atoms with Crippen molar-refractivity contribution in [1.82, 2.24) is 5.32 Å². The molecular formula is C10H14N2O. The summed E-state index contributed by atoms with van der Waals surface area (Å²) in [6, 6.07) is 7.67. The maximum atomic E-state index is 10.6. The van der Waals surface area contributed by atoms with Crippen LogP contribution in [-0.2, 0) is 11.2 Å². The molecule has 13 heavy (non-hydrogen) atoms. The predicted molar refractivity (Wildman–Crippen MR) is 53.2 cm³/mol. The van der Waals surface area contributed by atoms with Gasteiger partial charge in [0.15, 0.2) is 0 Å². The fourth-order valence-electron chi connectivity index (χ4n) is 1.07. The Morgan fingerprint density at radius 3 is 2.54 bits per heavy atom. The monoisotopic (exact) mass is 178 g/mol. The van der Waals surface area contributed by atoms with E-state index in [1.165, 1.54) is 12.5 Å². The summed E-state index contributed by atoms with van der Waals surface area (Å²) in [6.45, 7) is 2.20. The Morgan fingerprint density at radius 1 is 1.38 bits per heavy atom. The van der Waals surface area contributed by atoms with E-state index in [4.69, 9.17) is 5.73 Å². The van der Waals surface area contributed by atoms with Crippen LogP contribution in [0.5, 0.6) is 0 Å². The van der Waals surface area contributed by atoms with Gasteiger partial charge in [0.1, 0.15) is 0 Å². The molecule has 3 nitrogen and oxygen atoms in total. The number of anilines is 1. The second-order valence-corrected chi connectivity index (χ2v) is 2.97. The van der Waals surface area contributed by atoms with Crippen LogP contribution in [0, 0.1) is 0 Å². The topological polar surface area (TPSA) is 55.1 Å². The molecule has 0 fully saturated rings. The van der Waals surface area contributed by atoms with E-state index in [0.29, 0.717) is 6.54 Å². The van der Waals surface area contributed by atoms with Gasteiger partial charge in [-0.15, -0.1) is 0 Å². The second kappa shape index (κ2) is 4.50. The van der Waals surface area contributed by atoms with Gasteiger partial charge in [0.05, 0.1) is 0 Å². The van der Waals surface area contributed by atoms with Gasteiger partial charge in [-0.2, -0.15) is 0 Å². The van der Waals surface area contributed by atoms with Crippen molar-refractivity contribution in [3.8, 4) is 0 Å². The number of nitrogen functional groups attached to an aromatic ring is 1. The molecule has 0 spiro atoms. The summed E-state index contributed by atoms with van der Waals surface area (Å²) in [7, 11) is 0. The summed E-state index contributed by atoms with van der Waals surface area (Å²) < 4.78 is 0. The average Bonchev–Trinajstić information content (AvgIpc) is 2.08. The zero-order valence-electron chi connectivity index (χ0n) is 7.71. The number of nitrogens with two attached hydrogens (primary N) is 1. The second-order valence-electron chi connectivity index (χ2n) is 2.97. The van der Waals surface area contributed by atoms with Crippen LogP contribution in [0.4, 0.5) is 5.69 Å². The highest BCUT2D eigenvalue weighted by atomic mass is 16.1. The Bertz CT molecular complexity index is 279. The van der Waals surface area contributed by atoms with Gasteiger partial charge < -0.3 is 11.1 Å². The normalized spacial score (nSPS) is 9.62. The van der Waals surface area contributed by atoms with Gasteiger partial charge in [0, 0.05) is 19.2 Å². The molecule has 0 aromatic heterocycles. The highest BCUT2D eigenvalue weighted by molar-refractivity contribution is 5.72. The summed E-state index contributed by atoms with van der Waals surface area (Å²) in [5, 5.41) is 2.74. The Balaban J connectivity index is 2.37. The summed E-state index contributed by atoms with van der Waals surface area (Å²) in [5.74, 6) is 0.00967. The molecule has 3 N–H and O–H groups in total. The van der Waals surface area contributed by atoms with Crippen molar-refractivity contribution >= 4 is 11.6 Å². The predicted octanol–water partition coefficient (Wildman–Crippen LogP) is 0.947. The molecule has 1 rings (SSSR count). The third kappa shape index (κ3) is 3.60. The highest BCUT2D eigenvalue weighted by Crippen LogP contribution is 2.05. The summed E-state index contributed by atoms with van der Waals surface area (Å²) in [6.07, 6.45) is 0.847. The molecule has 1 amide bonds. The maximum absolute atomic E-state index is 10.6. The summed E-state index contributed by atoms with van der Waals surface area (Å²) in [5.41, 5.74) is 7.48. The van der Waals surface area contributed by atoms with Crippen molar-refractivity contribution in [2.24, 2.45) is 0 Å². The molecule has 0 radical (unpaired) electrons. The van der Waals surface area contributed by atoms with Crippen LogP contribution in [-0.4, -0.2) is 12.5 Å². The maximum Gasteiger partial charge on any atom is 0.216 e. The molecule has 0 aliphatic carbocycles. The van der Waals surface area contributed by atoms with E-state index < -0.39 is 0 Å². The lowest BCUT2D eigenvalue weighted by Crippen LogP contribution is -2.22. The minimum absolute atomic E-state index is 0.00967. The first kappa shape index (κ1) is 9.58. The van der Waals surface area contributed by atoms with Crippen molar-refractivity contribution in [2.45, 2.75) is 13.3 Å². The molecule has 3 heteroatoms. The van der Waals surface area contributed by atoms with Crippen LogP contribution in [0.3, 0.4) is 0 Å². The average molecular weight is 178 g/mol. The van der Waals surface area contributed by atoms with E-state index in [9.17, 15) is 4.79 Å². The van der Waals surface area contributed by atoms with Gasteiger partial charge in [-0.05, 0) is 24.1 Å². The van der Waals surface area contributed by atoms with Crippen LogP contribution < -0.4 is 11.1 Å². The molecule has 0 atom stereocenters. The van der Waals surface area contributed by atoms with Crippen molar-refractivity contribution in [2.75, 3.05) is 12.3 Å². The minimum atomic E-state index is 0.00967. The van der Waals surface area contributed by atoms with Gasteiger partial charge in [0.2, 0.25) is 5.91 Å². The van der Waals surface area contributed by atoms with Crippen molar-refractivity contribution in [3.63, 3.8) is 0 Å². The Hall–Kier alpha value is -1.51. The van der Waals surface area contributed by atoms with Gasteiger partial charge in [0.25, 0.3) is 0 Å². The third-order valence-electron chi connectivity index (χ3n) is 1.77. The van der Waals surface area contributed by atoms with Crippen LogP contribution in [0.15, 0.2) is 24.3 Å². The van der Waals surface area contributed by atoms with E-state index in [1.54, 1.807) is 0 Å². The number of nitrogens with one attached hydrogen (secondary N) is 1. The van der Waals surface area contributed by atoms with Gasteiger partial charge in [-0.1, -0.05) is 12.1 Å². The zero-order valence-corrected chi connectivity index (χ0v) is 7.71. The van der Waals surface area contributed by atoms with Gasteiger partial charge in [-0.3, -0.25) is 4.79 Å². The number of hydrogen-bond acceptors (Lipinski definition) is 2. The van der Waals surface area contributed by atoms with E-state index >= 15 is 0 Å². The zero-order chi connectivity index (χ0) is 9.68. The van der Waals surface area contributed by atoms with Crippen LogP contribution >= 0.6 is 0 Å². The minimum Gasteiger partial charge on any atom is -0.399 e. The number of amides is 1. The van der Waals surface area contributed by atoms with E-state index in [2.05, 4.69) is 5.32 Å². The molecule has 70 valence electrons. The van der Waals surface area contributed by atoms with Crippen LogP contribution in [0.1, 0.15) is 12.5 Å². The molecule has 1 aromatic carbocycles. The molecule has 0 bridgehead atoms. The lowest BCUT2D eigenvalue weighted by atomic mass is 10.1. The fraction of sp³-hybridized carbons (Fsp3) is 0.300. The van der Waals surface area contributed by atoms with Gasteiger partial charge in [-0.25, -0.2) is 0 Å². The Labute approximate surface area is 77.9 Å². The quantitative estimate of drug-likeness (QED) is 0.677. The number of hydrogen-bond donors (Lipinski definition) is 2. The lowest BCUT2D eigenvalue weighted by molar-refractivity contribution is -0.118. The third-order valence-corrected chi connectivity index (χ3v) is 1.77. The van der Waals surface area contributed by atoms with E-state index in [0.717, 1.165) is 12.1 Å². The standard InChI is InChI=1S/C10H14N2O/c1-8(13)12-7-6-9-2-4-10(11)5-3-9/h2-5H,6-7,11H2,1H3,(H,12,13). The summed E-state index contributed by atoms with van der Waals surface area (Å²) in [4.78, 5) is 10.6. The molecule has 0 aliphatic heterocycles. The van der Waals surface area contributed by atoms with Crippen molar-refractivity contribution < 1.29 is 4.79 Å². The van der Waals surface area contributed by atoms with Crippen molar-refractivity contribution in [1.29, 1.82) is 0 Å². The van der Waals surface area contributed by atoms with E-state index in [-0.39, 0.29) is 5.91 Å². The van der Waals surface area contributed by atoms with Crippen LogP contribution in [0.25, 0.3) is 0 Å². The molecule has 0 unspecified atom stereocenters. The molecular weight excluding hydrogens is 164 g/mol. The number of benzene rings is 1. The molecule has 1 aromatic rings.